The van der Waals surface area contributed by atoms with Gasteiger partial charge in [-0.3, -0.25) is 4.90 Å². The standard InChI is InChI=1S/C17H23ClN4O/c1-20(2)16-6-5-13(18)11-15(16)19-17(23)22-10-7-14(12-22)21-8-3-4-9-21/h3-6,11,14H,7-10,12H2,1-2H3,(H,19,23)/t14-/m0/s1. The van der Waals surface area contributed by atoms with Gasteiger partial charge in [0.1, 0.15) is 0 Å². The van der Waals surface area contributed by atoms with Crippen molar-refractivity contribution in [3.05, 3.63) is 35.4 Å². The van der Waals surface area contributed by atoms with Crippen molar-refractivity contribution in [2.24, 2.45) is 0 Å². The molecule has 2 heterocycles. The number of nitrogens with one attached hydrogen (secondary N) is 1. The third-order valence-electron chi connectivity index (χ3n) is 4.50. The fourth-order valence-electron chi connectivity index (χ4n) is 3.21. The number of amides is 2. The van der Waals surface area contributed by atoms with Crippen LogP contribution >= 0.6 is 11.6 Å². The van der Waals surface area contributed by atoms with Gasteiger partial charge in [0.2, 0.25) is 0 Å². The third-order valence-corrected chi connectivity index (χ3v) is 4.73. The minimum atomic E-state index is -0.0509. The second kappa shape index (κ2) is 6.81. The Morgan fingerprint density at radius 2 is 2.04 bits per heavy atom. The van der Waals surface area contributed by atoms with Crippen LogP contribution < -0.4 is 10.2 Å². The molecule has 5 nitrogen and oxygen atoms in total. The van der Waals surface area contributed by atoms with Crippen molar-refractivity contribution < 1.29 is 4.79 Å². The van der Waals surface area contributed by atoms with Gasteiger partial charge in [-0.1, -0.05) is 23.8 Å². The predicted octanol–water partition coefficient (Wildman–Crippen LogP) is 2.88. The van der Waals surface area contributed by atoms with Crippen LogP contribution in [0.4, 0.5) is 16.2 Å². The first kappa shape index (κ1) is 16.1. The van der Waals surface area contributed by atoms with Gasteiger partial charge in [-0.15, -0.1) is 0 Å². The summed E-state index contributed by atoms with van der Waals surface area (Å²) in [6.07, 6.45) is 5.42. The third kappa shape index (κ3) is 3.62. The van der Waals surface area contributed by atoms with Crippen molar-refractivity contribution in [2.75, 3.05) is 50.5 Å². The number of likely N-dealkylation sites (tertiary alicyclic amines) is 1. The van der Waals surface area contributed by atoms with Crippen molar-refractivity contribution in [3.63, 3.8) is 0 Å². The van der Waals surface area contributed by atoms with E-state index < -0.39 is 0 Å². The number of rotatable bonds is 3. The minimum absolute atomic E-state index is 0.0509. The van der Waals surface area contributed by atoms with Crippen LogP contribution in [-0.4, -0.2) is 62.1 Å². The molecule has 1 saturated heterocycles. The topological polar surface area (TPSA) is 38.8 Å². The van der Waals surface area contributed by atoms with Crippen LogP contribution in [0.2, 0.25) is 5.02 Å². The number of hydrogen-bond acceptors (Lipinski definition) is 3. The molecule has 0 aromatic heterocycles. The molecule has 1 N–H and O–H groups in total. The minimum Gasteiger partial charge on any atom is -0.376 e. The molecular weight excluding hydrogens is 312 g/mol. The van der Waals surface area contributed by atoms with Gasteiger partial charge in [0.15, 0.2) is 0 Å². The van der Waals surface area contributed by atoms with E-state index in [2.05, 4.69) is 22.4 Å². The summed E-state index contributed by atoms with van der Waals surface area (Å²) in [4.78, 5) is 18.9. The number of carbonyl (C=O) groups is 1. The van der Waals surface area contributed by atoms with E-state index in [1.807, 2.05) is 36.0 Å². The molecule has 1 aromatic carbocycles. The fourth-order valence-corrected chi connectivity index (χ4v) is 3.38. The number of nitrogens with zero attached hydrogens (tertiary/aromatic N) is 3. The number of urea groups is 1. The lowest BCUT2D eigenvalue weighted by Gasteiger charge is -2.24. The first-order valence-electron chi connectivity index (χ1n) is 7.96. The molecule has 6 heteroatoms. The first-order chi connectivity index (χ1) is 11.0. The molecule has 0 aliphatic carbocycles. The van der Waals surface area contributed by atoms with E-state index in [1.165, 1.54) is 0 Å². The predicted molar refractivity (Wildman–Crippen MR) is 95.5 cm³/mol. The van der Waals surface area contributed by atoms with E-state index >= 15 is 0 Å². The van der Waals surface area contributed by atoms with E-state index in [9.17, 15) is 4.79 Å². The molecule has 0 spiro atoms. The van der Waals surface area contributed by atoms with Gasteiger partial charge in [0.25, 0.3) is 0 Å². The van der Waals surface area contributed by atoms with Gasteiger partial charge in [-0.2, -0.15) is 0 Å². The van der Waals surface area contributed by atoms with E-state index in [-0.39, 0.29) is 6.03 Å². The van der Waals surface area contributed by atoms with Crippen molar-refractivity contribution in [2.45, 2.75) is 12.5 Å². The van der Waals surface area contributed by atoms with Gasteiger partial charge < -0.3 is 15.1 Å². The molecule has 23 heavy (non-hydrogen) atoms. The van der Waals surface area contributed by atoms with E-state index in [0.717, 1.165) is 44.0 Å². The fraction of sp³-hybridized carbons (Fsp3) is 0.471. The van der Waals surface area contributed by atoms with Crippen LogP contribution in [0.15, 0.2) is 30.4 Å². The zero-order chi connectivity index (χ0) is 16.4. The molecule has 0 radical (unpaired) electrons. The van der Waals surface area contributed by atoms with Crippen LogP contribution in [0.25, 0.3) is 0 Å². The zero-order valence-corrected chi connectivity index (χ0v) is 14.4. The van der Waals surface area contributed by atoms with Crippen LogP contribution in [-0.2, 0) is 0 Å². The number of carbonyl (C=O) groups excluding carboxylic acids is 1. The molecule has 1 fully saturated rings. The Morgan fingerprint density at radius 3 is 2.74 bits per heavy atom. The summed E-state index contributed by atoms with van der Waals surface area (Å²) in [7, 11) is 3.90. The number of halogens is 1. The van der Waals surface area contributed by atoms with Crippen molar-refractivity contribution in [1.29, 1.82) is 0 Å². The molecule has 2 amide bonds. The lowest BCUT2D eigenvalue weighted by Crippen LogP contribution is -2.39. The normalized spacial score (nSPS) is 21.0. The lowest BCUT2D eigenvalue weighted by atomic mass is 10.2. The average Bonchev–Trinajstić information content (AvgIpc) is 3.18. The molecule has 1 atom stereocenters. The van der Waals surface area contributed by atoms with Crippen molar-refractivity contribution >= 4 is 29.0 Å². The molecule has 2 aliphatic rings. The maximum Gasteiger partial charge on any atom is 0.321 e. The molecule has 1 aromatic rings. The summed E-state index contributed by atoms with van der Waals surface area (Å²) < 4.78 is 0. The quantitative estimate of drug-likeness (QED) is 0.864. The molecule has 0 saturated carbocycles. The molecule has 0 bridgehead atoms. The Balaban J connectivity index is 1.64. The monoisotopic (exact) mass is 334 g/mol. The number of benzene rings is 1. The van der Waals surface area contributed by atoms with E-state index in [0.29, 0.717) is 11.1 Å². The largest absolute Gasteiger partial charge is 0.376 e. The maximum absolute atomic E-state index is 12.6. The zero-order valence-electron chi connectivity index (χ0n) is 13.6. The summed E-state index contributed by atoms with van der Waals surface area (Å²) in [6, 6.07) is 5.96. The van der Waals surface area contributed by atoms with Crippen molar-refractivity contribution in [3.8, 4) is 0 Å². The van der Waals surface area contributed by atoms with Gasteiger partial charge in [-0.05, 0) is 24.6 Å². The SMILES string of the molecule is CN(C)c1ccc(Cl)cc1NC(=O)N1CC[C@H](N2CC=CC2)C1. The van der Waals surface area contributed by atoms with Crippen LogP contribution in [0.5, 0.6) is 0 Å². The summed E-state index contributed by atoms with van der Waals surface area (Å²) in [5, 5.41) is 3.63. The van der Waals surface area contributed by atoms with E-state index in [1.54, 1.807) is 6.07 Å². The second-order valence-corrected chi connectivity index (χ2v) is 6.74. The summed E-state index contributed by atoms with van der Waals surface area (Å²) in [5.74, 6) is 0. The Labute approximate surface area is 142 Å². The van der Waals surface area contributed by atoms with E-state index in [4.69, 9.17) is 11.6 Å². The smallest absolute Gasteiger partial charge is 0.321 e. The number of hydrogen-bond donors (Lipinski definition) is 1. The molecule has 124 valence electrons. The Hall–Kier alpha value is -1.72. The Bertz CT molecular complexity index is 609. The van der Waals surface area contributed by atoms with Gasteiger partial charge in [-0.25, -0.2) is 4.79 Å². The lowest BCUT2D eigenvalue weighted by molar-refractivity contribution is 0.212. The Morgan fingerprint density at radius 1 is 1.30 bits per heavy atom. The highest BCUT2D eigenvalue weighted by molar-refractivity contribution is 6.31. The molecule has 0 unspecified atom stereocenters. The highest BCUT2D eigenvalue weighted by Gasteiger charge is 2.30. The average molecular weight is 335 g/mol. The Kier molecular flexibility index (Phi) is 4.78. The van der Waals surface area contributed by atoms with Crippen LogP contribution in [0.1, 0.15) is 6.42 Å². The molecular formula is C17H23ClN4O. The highest BCUT2D eigenvalue weighted by Crippen LogP contribution is 2.28. The van der Waals surface area contributed by atoms with Crippen LogP contribution in [0, 0.1) is 0 Å². The summed E-state index contributed by atoms with van der Waals surface area (Å²) in [6.45, 7) is 3.58. The second-order valence-electron chi connectivity index (χ2n) is 6.30. The highest BCUT2D eigenvalue weighted by atomic mass is 35.5. The summed E-state index contributed by atoms with van der Waals surface area (Å²) >= 11 is 6.08. The number of anilines is 2. The van der Waals surface area contributed by atoms with Crippen molar-refractivity contribution in [1.82, 2.24) is 9.80 Å². The molecule has 3 rings (SSSR count). The van der Waals surface area contributed by atoms with Gasteiger partial charge >= 0.3 is 6.03 Å². The van der Waals surface area contributed by atoms with Gasteiger partial charge in [0.05, 0.1) is 11.4 Å². The molecule has 2 aliphatic heterocycles. The van der Waals surface area contributed by atoms with Gasteiger partial charge in [0, 0.05) is 51.3 Å². The maximum atomic E-state index is 12.6. The van der Waals surface area contributed by atoms with Crippen LogP contribution in [0.3, 0.4) is 0 Å². The first-order valence-corrected chi connectivity index (χ1v) is 8.34. The summed E-state index contributed by atoms with van der Waals surface area (Å²) in [5.41, 5.74) is 1.70.